The largest absolute Gasteiger partial charge is 0.444 e. The first kappa shape index (κ1) is 19.0. The van der Waals surface area contributed by atoms with Gasteiger partial charge in [-0.1, -0.05) is 0 Å². The number of ether oxygens (including phenoxy) is 2. The van der Waals surface area contributed by atoms with E-state index in [9.17, 15) is 9.59 Å². The summed E-state index contributed by atoms with van der Waals surface area (Å²) in [6, 6.07) is -0.174. The zero-order chi connectivity index (χ0) is 17.8. The fourth-order valence-electron chi connectivity index (χ4n) is 1.76. The fraction of sp³-hybridized carbons (Fsp3) is 0.688. The van der Waals surface area contributed by atoms with E-state index in [0.717, 1.165) is 0 Å². The molecule has 0 radical (unpaired) electrons. The predicted octanol–water partition coefficient (Wildman–Crippen LogP) is 3.12. The van der Waals surface area contributed by atoms with Crippen LogP contribution in [0.1, 0.15) is 54.2 Å². The minimum absolute atomic E-state index is 0.174. The van der Waals surface area contributed by atoms with Crippen molar-refractivity contribution >= 4 is 12.2 Å². The molecule has 130 valence electrons. The molecule has 1 amide bonds. The minimum atomic E-state index is -0.562. The quantitative estimate of drug-likeness (QED) is 0.923. The average molecular weight is 325 g/mol. The summed E-state index contributed by atoms with van der Waals surface area (Å²) < 4.78 is 11.7. The maximum absolute atomic E-state index is 11.9. The number of amides is 1. The van der Waals surface area contributed by atoms with Gasteiger partial charge >= 0.3 is 12.2 Å². The molecule has 1 heterocycles. The molecule has 7 heteroatoms. The van der Waals surface area contributed by atoms with Gasteiger partial charge in [0.25, 0.3) is 0 Å². The Morgan fingerprint density at radius 1 is 1.17 bits per heavy atom. The molecule has 1 rings (SSSR count). The molecular weight excluding hydrogens is 298 g/mol. The molecule has 0 saturated carbocycles. The van der Waals surface area contributed by atoms with Crippen LogP contribution in [0.25, 0.3) is 0 Å². The molecule has 1 aromatic rings. The van der Waals surface area contributed by atoms with Crippen LogP contribution in [0.4, 0.5) is 9.59 Å². The van der Waals surface area contributed by atoms with Crippen molar-refractivity contribution in [3.63, 3.8) is 0 Å². The van der Waals surface area contributed by atoms with Crippen molar-refractivity contribution in [3.05, 3.63) is 18.2 Å². The Morgan fingerprint density at radius 2 is 1.74 bits per heavy atom. The molecule has 1 N–H and O–H groups in total. The third kappa shape index (κ3) is 7.67. The lowest BCUT2D eigenvalue weighted by Crippen LogP contribution is -2.38. The normalized spacial score (nSPS) is 13.3. The molecule has 0 fully saturated rings. The van der Waals surface area contributed by atoms with Crippen molar-refractivity contribution in [2.75, 3.05) is 0 Å². The van der Waals surface area contributed by atoms with E-state index in [1.807, 2.05) is 6.92 Å². The average Bonchev–Trinajstić information content (AvgIpc) is 2.71. The molecule has 0 aliphatic carbocycles. The monoisotopic (exact) mass is 325 g/mol. The van der Waals surface area contributed by atoms with Gasteiger partial charge in [0, 0.05) is 18.7 Å². The minimum Gasteiger partial charge on any atom is -0.444 e. The third-order valence-corrected chi connectivity index (χ3v) is 2.52. The second-order valence-corrected chi connectivity index (χ2v) is 7.50. The van der Waals surface area contributed by atoms with Crippen molar-refractivity contribution in [2.24, 2.45) is 0 Å². The van der Waals surface area contributed by atoms with E-state index in [0.29, 0.717) is 12.1 Å². The standard InChI is InChI=1S/C16H27N3O4/c1-11(18-13(20)22-15(2,3)4)8-12-9-19(10-17-12)14(21)23-16(5,6)7/h9-11H,8H2,1-7H3,(H,18,20)/t11-/m0/s1. The summed E-state index contributed by atoms with van der Waals surface area (Å²) in [7, 11) is 0. The predicted molar refractivity (Wildman–Crippen MR) is 86.4 cm³/mol. The van der Waals surface area contributed by atoms with E-state index in [1.54, 1.807) is 47.7 Å². The number of aromatic nitrogens is 2. The highest BCUT2D eigenvalue weighted by molar-refractivity contribution is 5.70. The van der Waals surface area contributed by atoms with Crippen molar-refractivity contribution in [2.45, 2.75) is 72.1 Å². The van der Waals surface area contributed by atoms with Crippen molar-refractivity contribution in [1.29, 1.82) is 0 Å². The zero-order valence-corrected chi connectivity index (χ0v) is 15.0. The van der Waals surface area contributed by atoms with Gasteiger partial charge in [-0.2, -0.15) is 0 Å². The van der Waals surface area contributed by atoms with E-state index in [1.165, 1.54) is 10.9 Å². The number of hydrogen-bond acceptors (Lipinski definition) is 5. The number of nitrogens with one attached hydrogen (secondary N) is 1. The summed E-state index contributed by atoms with van der Waals surface area (Å²) in [6.07, 6.45) is 2.53. The van der Waals surface area contributed by atoms with Crippen LogP contribution in [0, 0.1) is 0 Å². The number of nitrogens with zero attached hydrogens (tertiary/aromatic N) is 2. The SMILES string of the molecule is C[C@@H](Cc1cn(C(=O)OC(C)(C)C)cn1)NC(=O)OC(C)(C)C. The summed E-state index contributed by atoms with van der Waals surface area (Å²) in [5.41, 5.74) is -0.422. The first-order chi connectivity index (χ1) is 10.4. The second-order valence-electron chi connectivity index (χ2n) is 7.50. The number of hydrogen-bond donors (Lipinski definition) is 1. The Hall–Kier alpha value is -2.05. The zero-order valence-electron chi connectivity index (χ0n) is 15.0. The van der Waals surface area contributed by atoms with Crippen LogP contribution in [-0.2, 0) is 15.9 Å². The van der Waals surface area contributed by atoms with Crippen molar-refractivity contribution in [1.82, 2.24) is 14.9 Å². The van der Waals surface area contributed by atoms with Crippen LogP contribution in [-0.4, -0.2) is 39.0 Å². The molecule has 1 aromatic heterocycles. The molecule has 0 aliphatic heterocycles. The molecule has 0 saturated heterocycles. The van der Waals surface area contributed by atoms with Gasteiger partial charge in [-0.3, -0.25) is 0 Å². The smallest absolute Gasteiger partial charge is 0.419 e. The highest BCUT2D eigenvalue weighted by atomic mass is 16.6. The summed E-state index contributed by atoms with van der Waals surface area (Å²) >= 11 is 0. The molecule has 0 unspecified atom stereocenters. The van der Waals surface area contributed by atoms with Gasteiger partial charge < -0.3 is 14.8 Å². The van der Waals surface area contributed by atoms with Gasteiger partial charge in [0.1, 0.15) is 17.5 Å². The number of imidazole rings is 1. The Labute approximate surface area is 137 Å². The van der Waals surface area contributed by atoms with Gasteiger partial charge in [-0.05, 0) is 48.5 Å². The van der Waals surface area contributed by atoms with Gasteiger partial charge in [-0.15, -0.1) is 0 Å². The van der Waals surface area contributed by atoms with Crippen LogP contribution < -0.4 is 5.32 Å². The Balaban J connectivity index is 2.55. The molecule has 23 heavy (non-hydrogen) atoms. The van der Waals surface area contributed by atoms with E-state index in [2.05, 4.69) is 10.3 Å². The third-order valence-electron chi connectivity index (χ3n) is 2.52. The highest BCUT2D eigenvalue weighted by Gasteiger charge is 2.20. The van der Waals surface area contributed by atoms with Crippen LogP contribution in [0.3, 0.4) is 0 Å². The first-order valence-corrected chi connectivity index (χ1v) is 7.61. The molecule has 0 aliphatic rings. The van der Waals surface area contributed by atoms with Crippen LogP contribution in [0.15, 0.2) is 12.5 Å². The van der Waals surface area contributed by atoms with E-state index >= 15 is 0 Å². The summed E-state index contributed by atoms with van der Waals surface area (Å²) in [5.74, 6) is 0. The number of alkyl carbamates (subject to hydrolysis) is 1. The van der Waals surface area contributed by atoms with Gasteiger partial charge in [-0.25, -0.2) is 19.1 Å². The van der Waals surface area contributed by atoms with Crippen LogP contribution in [0.2, 0.25) is 0 Å². The molecule has 0 bridgehead atoms. The molecule has 0 aromatic carbocycles. The Morgan fingerprint density at radius 3 is 2.26 bits per heavy atom. The number of carbonyl (C=O) groups excluding carboxylic acids is 2. The van der Waals surface area contributed by atoms with Crippen molar-refractivity contribution < 1.29 is 19.1 Å². The van der Waals surface area contributed by atoms with Gasteiger partial charge in [0.15, 0.2) is 0 Å². The van der Waals surface area contributed by atoms with E-state index < -0.39 is 23.4 Å². The molecular formula is C16H27N3O4. The van der Waals surface area contributed by atoms with E-state index in [4.69, 9.17) is 9.47 Å². The maximum Gasteiger partial charge on any atom is 0.419 e. The maximum atomic E-state index is 11.9. The lowest BCUT2D eigenvalue weighted by molar-refractivity contribution is 0.0503. The molecule has 0 spiro atoms. The second kappa shape index (κ2) is 7.02. The Kier molecular flexibility index (Phi) is 5.80. The van der Waals surface area contributed by atoms with E-state index in [-0.39, 0.29) is 6.04 Å². The number of rotatable bonds is 3. The van der Waals surface area contributed by atoms with Crippen molar-refractivity contribution in [3.8, 4) is 0 Å². The number of carbonyl (C=O) groups is 2. The van der Waals surface area contributed by atoms with Crippen LogP contribution >= 0.6 is 0 Å². The lowest BCUT2D eigenvalue weighted by atomic mass is 10.2. The molecule has 1 atom stereocenters. The Bertz CT molecular complexity index is 552. The molecule has 7 nitrogen and oxygen atoms in total. The van der Waals surface area contributed by atoms with Crippen LogP contribution in [0.5, 0.6) is 0 Å². The highest BCUT2D eigenvalue weighted by Crippen LogP contribution is 2.10. The fourth-order valence-corrected chi connectivity index (χ4v) is 1.76. The first-order valence-electron chi connectivity index (χ1n) is 7.61. The summed E-state index contributed by atoms with van der Waals surface area (Å²) in [5, 5.41) is 2.74. The van der Waals surface area contributed by atoms with Gasteiger partial charge in [0.05, 0.1) is 5.69 Å². The summed E-state index contributed by atoms with van der Waals surface area (Å²) in [4.78, 5) is 27.8. The topological polar surface area (TPSA) is 82.5 Å². The van der Waals surface area contributed by atoms with Gasteiger partial charge in [0.2, 0.25) is 0 Å². The lowest BCUT2D eigenvalue weighted by Gasteiger charge is -2.21. The summed E-state index contributed by atoms with van der Waals surface area (Å²) in [6.45, 7) is 12.7.